The van der Waals surface area contributed by atoms with Crippen molar-refractivity contribution in [2.45, 2.75) is 50.0 Å². The summed E-state index contributed by atoms with van der Waals surface area (Å²) in [5.74, 6) is 1.44. The summed E-state index contributed by atoms with van der Waals surface area (Å²) >= 11 is 0. The van der Waals surface area contributed by atoms with Crippen LogP contribution in [0.2, 0.25) is 0 Å². The third-order valence-electron chi connectivity index (χ3n) is 6.83. The van der Waals surface area contributed by atoms with Gasteiger partial charge >= 0.3 is 5.97 Å². The maximum Gasteiger partial charge on any atom is 0.306 e. The fourth-order valence-electron chi connectivity index (χ4n) is 4.90. The zero-order chi connectivity index (χ0) is 26.7. The quantitative estimate of drug-likeness (QED) is 0.386. The van der Waals surface area contributed by atoms with Crippen LogP contribution in [0.25, 0.3) is 0 Å². The molecular weight excluding hydrogens is 508 g/mol. The molecule has 0 fully saturated rings. The monoisotopic (exact) mass is 540 g/mol. The second-order valence-electron chi connectivity index (χ2n) is 9.53. The Kier molecular flexibility index (Phi) is 7.55. The minimum Gasteiger partial charge on any atom is -0.466 e. The Morgan fingerprint density at radius 3 is 2.84 bits per heavy atom. The number of rotatable bonds is 10. The van der Waals surface area contributed by atoms with Gasteiger partial charge in [-0.25, -0.2) is 13.4 Å². The average molecular weight is 541 g/mol. The fourth-order valence-corrected chi connectivity index (χ4v) is 6.34. The molecule has 1 atom stereocenters. The molecule has 2 aromatic heterocycles. The molecule has 0 saturated carbocycles. The number of esters is 1. The van der Waals surface area contributed by atoms with Gasteiger partial charge in [-0.3, -0.25) is 9.48 Å². The van der Waals surface area contributed by atoms with Crippen LogP contribution in [-0.2, 0) is 45.7 Å². The maximum atomic E-state index is 13.3. The van der Waals surface area contributed by atoms with Crippen molar-refractivity contribution < 1.29 is 27.4 Å². The molecule has 10 nitrogen and oxygen atoms in total. The van der Waals surface area contributed by atoms with E-state index in [1.165, 1.54) is 10.2 Å². The van der Waals surface area contributed by atoms with E-state index in [1.54, 1.807) is 20.0 Å². The van der Waals surface area contributed by atoms with Crippen molar-refractivity contribution >= 4 is 21.6 Å². The zero-order valence-electron chi connectivity index (χ0n) is 21.6. The number of ether oxygens (including phenoxy) is 3. The van der Waals surface area contributed by atoms with E-state index in [-0.39, 0.29) is 42.5 Å². The molecule has 1 N–H and O–H groups in total. The van der Waals surface area contributed by atoms with Crippen LogP contribution in [-0.4, -0.2) is 54.8 Å². The Hall–Kier alpha value is -3.60. The van der Waals surface area contributed by atoms with Crippen LogP contribution >= 0.6 is 0 Å². The summed E-state index contributed by atoms with van der Waals surface area (Å²) in [6.45, 7) is 3.08. The van der Waals surface area contributed by atoms with E-state index in [9.17, 15) is 13.2 Å². The predicted molar refractivity (Wildman–Crippen MR) is 140 cm³/mol. The Morgan fingerprint density at radius 1 is 1.16 bits per heavy atom. The van der Waals surface area contributed by atoms with Gasteiger partial charge in [0.1, 0.15) is 5.82 Å². The smallest absolute Gasteiger partial charge is 0.306 e. The molecule has 0 aliphatic carbocycles. The molecule has 0 amide bonds. The Balaban J connectivity index is 1.32. The zero-order valence-corrected chi connectivity index (χ0v) is 22.4. The summed E-state index contributed by atoms with van der Waals surface area (Å²) in [7, 11) is -1.99. The summed E-state index contributed by atoms with van der Waals surface area (Å²) in [6.07, 6.45) is 2.85. The van der Waals surface area contributed by atoms with Gasteiger partial charge < -0.3 is 19.5 Å². The van der Waals surface area contributed by atoms with Crippen LogP contribution < -0.4 is 14.8 Å². The number of aryl methyl sites for hydroxylation is 3. The third kappa shape index (κ3) is 5.77. The average Bonchev–Trinajstić information content (AvgIpc) is 3.53. The first kappa shape index (κ1) is 26.0. The number of hydrogen-bond donors (Lipinski definition) is 1. The third-order valence-corrected chi connectivity index (χ3v) is 8.59. The SMILES string of the molecule is CCOC(=O)CC(Cc1cc(S(=O)(=O)CCc2ccc3c(n2)NCCC3)n(C)n1)c1ccc2c(c1)OCO2. The molecule has 0 bridgehead atoms. The number of hydrogen-bond acceptors (Lipinski definition) is 9. The standard InChI is InChI=1S/C27H32N4O6S/c1-3-35-26(32)15-20(19-7-9-23-24(14-19)37-17-36-23)13-22-16-25(31(2)30-22)38(33,34)12-10-21-8-6-18-5-4-11-28-27(18)29-21/h6-9,14,16,20H,3-5,10-13,15,17H2,1-2H3,(H,28,29). The first-order chi connectivity index (χ1) is 18.3. The van der Waals surface area contributed by atoms with E-state index < -0.39 is 9.84 Å². The van der Waals surface area contributed by atoms with E-state index in [2.05, 4.69) is 15.4 Å². The van der Waals surface area contributed by atoms with Gasteiger partial charge in [0.05, 0.1) is 24.5 Å². The summed E-state index contributed by atoms with van der Waals surface area (Å²) < 4.78 is 44.0. The Bertz CT molecular complexity index is 1440. The number of fused-ring (bicyclic) bond motifs is 2. The van der Waals surface area contributed by atoms with Crippen LogP contribution in [0.5, 0.6) is 11.5 Å². The van der Waals surface area contributed by atoms with E-state index >= 15 is 0 Å². The summed E-state index contributed by atoms with van der Waals surface area (Å²) in [5.41, 5.74) is 3.35. The molecule has 202 valence electrons. The molecule has 11 heteroatoms. The number of aromatic nitrogens is 3. The highest BCUT2D eigenvalue weighted by Gasteiger charge is 2.26. The van der Waals surface area contributed by atoms with Gasteiger partial charge in [0.2, 0.25) is 6.79 Å². The van der Waals surface area contributed by atoms with Crippen molar-refractivity contribution in [2.75, 3.05) is 31.0 Å². The number of sulfone groups is 1. The summed E-state index contributed by atoms with van der Waals surface area (Å²) in [4.78, 5) is 17.0. The molecule has 5 rings (SSSR count). The molecule has 0 saturated heterocycles. The number of nitrogens with zero attached hydrogens (tertiary/aromatic N) is 3. The van der Waals surface area contributed by atoms with Crippen molar-refractivity contribution in [2.24, 2.45) is 7.05 Å². The first-order valence-corrected chi connectivity index (χ1v) is 14.5. The second kappa shape index (κ2) is 11.0. The number of benzene rings is 1. The van der Waals surface area contributed by atoms with E-state index in [1.807, 2.05) is 30.3 Å². The van der Waals surface area contributed by atoms with Crippen molar-refractivity contribution in [3.8, 4) is 11.5 Å². The molecule has 2 aliphatic rings. The molecule has 1 aromatic carbocycles. The van der Waals surface area contributed by atoms with Gasteiger partial charge in [-0.05, 0) is 61.6 Å². The van der Waals surface area contributed by atoms with Gasteiger partial charge in [-0.1, -0.05) is 12.1 Å². The Labute approximate surface area is 222 Å². The Morgan fingerprint density at radius 2 is 2.00 bits per heavy atom. The van der Waals surface area contributed by atoms with E-state index in [0.717, 1.165) is 36.5 Å². The van der Waals surface area contributed by atoms with Crippen LogP contribution in [0.3, 0.4) is 0 Å². The lowest BCUT2D eigenvalue weighted by Crippen LogP contribution is -2.16. The largest absolute Gasteiger partial charge is 0.466 e. The number of carbonyl (C=O) groups is 1. The molecule has 4 heterocycles. The van der Waals surface area contributed by atoms with Gasteiger partial charge in [0.25, 0.3) is 0 Å². The molecule has 3 aromatic rings. The van der Waals surface area contributed by atoms with Gasteiger partial charge in [0, 0.05) is 31.6 Å². The van der Waals surface area contributed by atoms with Crippen LogP contribution in [0.1, 0.15) is 48.2 Å². The van der Waals surface area contributed by atoms with E-state index in [0.29, 0.717) is 30.0 Å². The van der Waals surface area contributed by atoms with Crippen LogP contribution in [0, 0.1) is 0 Å². The molecule has 0 radical (unpaired) electrons. The first-order valence-electron chi connectivity index (χ1n) is 12.9. The molecule has 38 heavy (non-hydrogen) atoms. The van der Waals surface area contributed by atoms with Crippen molar-refractivity contribution in [1.82, 2.24) is 14.8 Å². The van der Waals surface area contributed by atoms with Crippen molar-refractivity contribution in [3.05, 3.63) is 58.9 Å². The van der Waals surface area contributed by atoms with E-state index in [4.69, 9.17) is 14.2 Å². The topological polar surface area (TPSA) is 122 Å². The highest BCUT2D eigenvalue weighted by molar-refractivity contribution is 7.91. The molecule has 2 aliphatic heterocycles. The van der Waals surface area contributed by atoms with Gasteiger partial charge in [-0.15, -0.1) is 0 Å². The van der Waals surface area contributed by atoms with Gasteiger partial charge in [-0.2, -0.15) is 5.10 Å². The number of pyridine rings is 1. The second-order valence-corrected chi connectivity index (χ2v) is 11.6. The fraction of sp³-hybridized carbons (Fsp3) is 0.444. The highest BCUT2D eigenvalue weighted by Crippen LogP contribution is 2.36. The van der Waals surface area contributed by atoms with Crippen LogP contribution in [0.15, 0.2) is 41.4 Å². The van der Waals surface area contributed by atoms with Crippen molar-refractivity contribution in [3.63, 3.8) is 0 Å². The predicted octanol–water partition coefficient (Wildman–Crippen LogP) is 3.20. The summed E-state index contributed by atoms with van der Waals surface area (Å²) in [5, 5.41) is 7.92. The number of carbonyl (C=O) groups excluding carboxylic acids is 1. The lowest BCUT2D eigenvalue weighted by Gasteiger charge is -2.17. The maximum absolute atomic E-state index is 13.3. The van der Waals surface area contributed by atoms with Crippen LogP contribution in [0.4, 0.5) is 5.82 Å². The molecule has 0 spiro atoms. The minimum atomic E-state index is -3.62. The lowest BCUT2D eigenvalue weighted by molar-refractivity contribution is -0.143. The molecule has 1 unspecified atom stereocenters. The minimum absolute atomic E-state index is 0.0772. The summed E-state index contributed by atoms with van der Waals surface area (Å²) in [6, 6.07) is 11.1. The highest BCUT2D eigenvalue weighted by atomic mass is 32.2. The normalized spacial score (nSPS) is 15.0. The number of nitrogens with one attached hydrogen (secondary N) is 1. The lowest BCUT2D eigenvalue weighted by atomic mass is 9.91. The van der Waals surface area contributed by atoms with Crippen molar-refractivity contribution in [1.29, 1.82) is 0 Å². The number of anilines is 1. The van der Waals surface area contributed by atoms with Gasteiger partial charge in [0.15, 0.2) is 26.4 Å². The molecular formula is C27H32N4O6S.